The minimum absolute atomic E-state index is 0.0268. The number of hydrogen-bond donors (Lipinski definition) is 1. The molecule has 1 aromatic heterocycles. The van der Waals surface area contributed by atoms with Crippen LogP contribution in [0.3, 0.4) is 0 Å². The van der Waals surface area contributed by atoms with E-state index < -0.39 is 11.0 Å². The molecule has 21 heavy (non-hydrogen) atoms. The molecule has 1 N–H and O–H groups in total. The molecule has 2 heterocycles. The number of carbonyl (C=O) groups excluding carboxylic acids is 2. The van der Waals surface area contributed by atoms with Gasteiger partial charge in [-0.25, -0.2) is 0 Å². The normalized spacial score (nSPS) is 22.4. The predicted octanol–water partition coefficient (Wildman–Crippen LogP) is 2.52. The fourth-order valence-electron chi connectivity index (χ4n) is 2.54. The zero-order chi connectivity index (χ0) is 15.8. The molecular formula is C16H24N2O3. The zero-order valence-electron chi connectivity index (χ0n) is 13.4. The molecule has 1 aromatic rings. The molecule has 1 amide bonds. The predicted molar refractivity (Wildman–Crippen MR) is 80.0 cm³/mol. The van der Waals surface area contributed by atoms with E-state index >= 15 is 0 Å². The van der Waals surface area contributed by atoms with Crippen molar-refractivity contribution in [1.29, 1.82) is 0 Å². The maximum Gasteiger partial charge on any atom is 0.314 e. The molecule has 0 radical (unpaired) electrons. The summed E-state index contributed by atoms with van der Waals surface area (Å²) in [6.07, 6.45) is 4.15. The minimum atomic E-state index is -0.618. The van der Waals surface area contributed by atoms with Gasteiger partial charge in [-0.15, -0.1) is 0 Å². The first-order valence-electron chi connectivity index (χ1n) is 7.28. The summed E-state index contributed by atoms with van der Waals surface area (Å²) >= 11 is 0. The van der Waals surface area contributed by atoms with Crippen LogP contribution in [0.15, 0.2) is 12.4 Å². The van der Waals surface area contributed by atoms with E-state index in [9.17, 15) is 9.59 Å². The second-order valence-electron chi connectivity index (χ2n) is 7.09. The van der Waals surface area contributed by atoms with Gasteiger partial charge >= 0.3 is 5.97 Å². The Balaban J connectivity index is 2.08. The third-order valence-electron chi connectivity index (χ3n) is 3.83. The largest absolute Gasteiger partial charge is 0.459 e. The van der Waals surface area contributed by atoms with Crippen LogP contribution in [-0.4, -0.2) is 40.5 Å². The lowest BCUT2D eigenvalue weighted by Crippen LogP contribution is -2.39. The van der Waals surface area contributed by atoms with E-state index in [1.807, 2.05) is 34.6 Å². The Morgan fingerprint density at radius 1 is 1.33 bits per heavy atom. The number of H-pyrrole nitrogens is 1. The number of carbonyl (C=O) groups is 2. The molecule has 0 unspecified atom stereocenters. The van der Waals surface area contributed by atoms with Gasteiger partial charge in [0.25, 0.3) is 5.91 Å². The molecule has 1 fully saturated rings. The van der Waals surface area contributed by atoms with Crippen molar-refractivity contribution in [3.8, 4) is 0 Å². The third-order valence-corrected chi connectivity index (χ3v) is 3.83. The van der Waals surface area contributed by atoms with Crippen LogP contribution in [0, 0.1) is 12.3 Å². The molecule has 2 rings (SSSR count). The van der Waals surface area contributed by atoms with Crippen molar-refractivity contribution < 1.29 is 14.3 Å². The Labute approximate surface area is 125 Å². The molecule has 1 atom stereocenters. The lowest BCUT2D eigenvalue weighted by atomic mass is 9.90. The zero-order valence-corrected chi connectivity index (χ0v) is 13.4. The molecule has 0 spiro atoms. The maximum atomic E-state index is 12.5. The Hall–Kier alpha value is -1.78. The second kappa shape index (κ2) is 5.20. The number of ether oxygens (including phenoxy) is 1. The highest BCUT2D eigenvalue weighted by atomic mass is 16.6. The van der Waals surface area contributed by atoms with Gasteiger partial charge < -0.3 is 14.6 Å². The third kappa shape index (κ3) is 3.28. The lowest BCUT2D eigenvalue weighted by Gasteiger charge is -2.28. The number of rotatable bonds is 2. The molecule has 0 aromatic carbocycles. The van der Waals surface area contributed by atoms with Gasteiger partial charge in [-0.1, -0.05) is 0 Å². The summed E-state index contributed by atoms with van der Waals surface area (Å²) in [4.78, 5) is 29.5. The average molecular weight is 292 g/mol. The van der Waals surface area contributed by atoms with Crippen LogP contribution >= 0.6 is 0 Å². The monoisotopic (exact) mass is 292 g/mol. The molecule has 0 saturated carbocycles. The van der Waals surface area contributed by atoms with E-state index in [0.29, 0.717) is 25.1 Å². The summed E-state index contributed by atoms with van der Waals surface area (Å²) in [5.41, 5.74) is 0.469. The SMILES string of the molecule is Cc1c[nH]cc1C(=O)N1CC[C@](C)(C(=O)OC(C)(C)C)C1. The van der Waals surface area contributed by atoms with Crippen molar-refractivity contribution >= 4 is 11.9 Å². The van der Waals surface area contributed by atoms with Gasteiger partial charge in [-0.05, 0) is 46.6 Å². The topological polar surface area (TPSA) is 62.4 Å². The summed E-state index contributed by atoms with van der Waals surface area (Å²) in [6, 6.07) is 0. The van der Waals surface area contributed by atoms with Crippen LogP contribution in [0.5, 0.6) is 0 Å². The number of aromatic nitrogens is 1. The van der Waals surface area contributed by atoms with E-state index in [-0.39, 0.29) is 11.9 Å². The molecule has 1 saturated heterocycles. The first-order valence-corrected chi connectivity index (χ1v) is 7.28. The minimum Gasteiger partial charge on any atom is -0.459 e. The summed E-state index contributed by atoms with van der Waals surface area (Å²) in [7, 11) is 0. The van der Waals surface area contributed by atoms with Gasteiger partial charge in [0.15, 0.2) is 0 Å². The molecule has 5 nitrogen and oxygen atoms in total. The van der Waals surface area contributed by atoms with Crippen LogP contribution < -0.4 is 0 Å². The molecule has 0 bridgehead atoms. The van der Waals surface area contributed by atoms with Gasteiger partial charge in [-0.2, -0.15) is 0 Å². The van der Waals surface area contributed by atoms with E-state index in [2.05, 4.69) is 4.98 Å². The van der Waals surface area contributed by atoms with Crippen molar-refractivity contribution in [3.63, 3.8) is 0 Å². The van der Waals surface area contributed by atoms with Gasteiger partial charge in [-0.3, -0.25) is 9.59 Å². The number of nitrogens with one attached hydrogen (secondary N) is 1. The fraction of sp³-hybridized carbons (Fsp3) is 0.625. The summed E-state index contributed by atoms with van der Waals surface area (Å²) in [5, 5.41) is 0. The van der Waals surface area contributed by atoms with Crippen molar-refractivity contribution in [2.75, 3.05) is 13.1 Å². The number of nitrogens with zero attached hydrogens (tertiary/aromatic N) is 1. The van der Waals surface area contributed by atoms with Crippen LogP contribution in [-0.2, 0) is 9.53 Å². The maximum absolute atomic E-state index is 12.5. The number of aryl methyl sites for hydroxylation is 1. The van der Waals surface area contributed by atoms with Crippen LogP contribution in [0.25, 0.3) is 0 Å². The molecule has 0 aliphatic carbocycles. The molecule has 5 heteroatoms. The number of hydrogen-bond acceptors (Lipinski definition) is 3. The van der Waals surface area contributed by atoms with E-state index in [1.54, 1.807) is 17.3 Å². The summed E-state index contributed by atoms with van der Waals surface area (Å²) < 4.78 is 5.48. The van der Waals surface area contributed by atoms with E-state index in [0.717, 1.165) is 5.56 Å². The van der Waals surface area contributed by atoms with Crippen molar-refractivity contribution in [2.45, 2.75) is 46.6 Å². The quantitative estimate of drug-likeness (QED) is 0.852. The standard InChI is InChI=1S/C16H24N2O3/c1-11-8-17-9-12(11)13(19)18-7-6-16(5,10-18)14(20)21-15(2,3)4/h8-9,17H,6-7,10H2,1-5H3/t16-/m0/s1. The summed E-state index contributed by atoms with van der Waals surface area (Å²) in [5.74, 6) is -0.253. The lowest BCUT2D eigenvalue weighted by molar-refractivity contribution is -0.165. The highest BCUT2D eigenvalue weighted by Crippen LogP contribution is 2.33. The molecule has 1 aliphatic heterocycles. The van der Waals surface area contributed by atoms with Crippen molar-refractivity contribution in [3.05, 3.63) is 23.5 Å². The molecule has 116 valence electrons. The van der Waals surface area contributed by atoms with Gasteiger partial charge in [0.2, 0.25) is 0 Å². The second-order valence-corrected chi connectivity index (χ2v) is 7.09. The van der Waals surface area contributed by atoms with Gasteiger partial charge in [0, 0.05) is 25.5 Å². The Bertz CT molecular complexity index is 556. The van der Waals surface area contributed by atoms with Crippen LogP contribution in [0.1, 0.15) is 50.0 Å². The Kier molecular flexibility index (Phi) is 3.87. The first-order chi connectivity index (χ1) is 9.62. The average Bonchev–Trinajstić information content (AvgIpc) is 2.94. The smallest absolute Gasteiger partial charge is 0.314 e. The number of aromatic amines is 1. The Morgan fingerprint density at radius 3 is 2.52 bits per heavy atom. The van der Waals surface area contributed by atoms with E-state index in [1.165, 1.54) is 0 Å². The fourth-order valence-corrected chi connectivity index (χ4v) is 2.54. The first kappa shape index (κ1) is 15.6. The number of esters is 1. The van der Waals surface area contributed by atoms with Gasteiger partial charge in [0.05, 0.1) is 11.0 Å². The molecular weight excluding hydrogens is 268 g/mol. The van der Waals surface area contributed by atoms with Gasteiger partial charge in [0.1, 0.15) is 5.60 Å². The number of likely N-dealkylation sites (tertiary alicyclic amines) is 1. The van der Waals surface area contributed by atoms with Crippen LogP contribution in [0.4, 0.5) is 0 Å². The van der Waals surface area contributed by atoms with Crippen molar-refractivity contribution in [2.24, 2.45) is 5.41 Å². The van der Waals surface area contributed by atoms with Crippen molar-refractivity contribution in [1.82, 2.24) is 9.88 Å². The van der Waals surface area contributed by atoms with Crippen LogP contribution in [0.2, 0.25) is 0 Å². The highest BCUT2D eigenvalue weighted by Gasteiger charge is 2.44. The molecule has 1 aliphatic rings. The highest BCUT2D eigenvalue weighted by molar-refractivity contribution is 5.96. The Morgan fingerprint density at radius 2 is 2.00 bits per heavy atom. The number of amides is 1. The van der Waals surface area contributed by atoms with E-state index in [4.69, 9.17) is 4.74 Å². The summed E-state index contributed by atoms with van der Waals surface area (Å²) in [6.45, 7) is 10.3.